The third kappa shape index (κ3) is 8.88. The van der Waals surface area contributed by atoms with Crippen molar-refractivity contribution in [3.63, 3.8) is 0 Å². The maximum atomic E-state index is 14.2. The van der Waals surface area contributed by atoms with Gasteiger partial charge in [0.1, 0.15) is 0 Å². The fourth-order valence-electron chi connectivity index (χ4n) is 4.84. The maximum absolute atomic E-state index is 14.2. The van der Waals surface area contributed by atoms with Crippen LogP contribution in [0.3, 0.4) is 0 Å². The molecule has 3 aromatic rings. The van der Waals surface area contributed by atoms with Gasteiger partial charge in [0.05, 0.1) is 33.4 Å². The van der Waals surface area contributed by atoms with Crippen molar-refractivity contribution in [1.29, 1.82) is 0 Å². The predicted molar refractivity (Wildman–Crippen MR) is 133 cm³/mol. The molecule has 0 nitrogen and oxygen atoms in total. The maximum Gasteiger partial charge on any atom is 0.416 e. The quantitative estimate of drug-likeness (QED) is 0.177. The minimum Gasteiger partial charge on any atom is -0.166 e. The molecule has 0 fully saturated rings. The van der Waals surface area contributed by atoms with Crippen LogP contribution in [0.15, 0.2) is 48.5 Å². The van der Waals surface area contributed by atoms with Gasteiger partial charge < -0.3 is 0 Å². The highest BCUT2D eigenvalue weighted by atomic mass is 19.4. The summed E-state index contributed by atoms with van der Waals surface area (Å²) >= 11 is 0. The summed E-state index contributed by atoms with van der Waals surface area (Å²) in [4.78, 5) is 0. The van der Waals surface area contributed by atoms with Crippen molar-refractivity contribution in [1.82, 2.24) is 0 Å². The molecule has 0 aromatic heterocycles. The molecule has 0 aliphatic carbocycles. The number of benzene rings is 3. The molecule has 0 N–H and O–H groups in total. The first-order valence-corrected chi connectivity index (χ1v) is 12.9. The summed E-state index contributed by atoms with van der Waals surface area (Å²) in [7, 11) is 0. The monoisotopic (exact) mass is 706 g/mol. The Morgan fingerprint density at radius 2 is 0.745 bits per heavy atom. The Bertz CT molecular complexity index is 1440. The molecule has 0 amide bonds. The number of hydrogen-bond donors (Lipinski definition) is 0. The smallest absolute Gasteiger partial charge is 0.166 e. The summed E-state index contributed by atoms with van der Waals surface area (Å²) in [5, 5.41) is 0. The minimum absolute atomic E-state index is 0.00594. The number of alkyl halides is 18. The lowest BCUT2D eigenvalue weighted by Gasteiger charge is -2.26. The first-order chi connectivity index (χ1) is 21.0. The van der Waals surface area contributed by atoms with Crippen LogP contribution in [-0.2, 0) is 43.5 Å². The minimum atomic E-state index is -5.68. The molecular formula is C28H17BF18. The second-order valence-corrected chi connectivity index (χ2v) is 10.3. The molecule has 3 rings (SSSR count). The van der Waals surface area contributed by atoms with Crippen LogP contribution < -0.4 is 16.4 Å². The van der Waals surface area contributed by atoms with Crippen molar-refractivity contribution in [2.45, 2.75) is 63.2 Å². The molecule has 0 spiro atoms. The van der Waals surface area contributed by atoms with E-state index >= 15 is 0 Å². The van der Waals surface area contributed by atoms with E-state index in [4.69, 9.17) is 0 Å². The summed E-state index contributed by atoms with van der Waals surface area (Å²) in [6.07, 6.45) is -35.2. The van der Waals surface area contributed by atoms with Gasteiger partial charge in [-0.25, -0.2) is 0 Å². The molecule has 3 aromatic carbocycles. The predicted octanol–water partition coefficient (Wildman–Crippen LogP) is 9.66. The molecular weight excluding hydrogens is 689 g/mol. The molecule has 0 saturated heterocycles. The summed E-state index contributed by atoms with van der Waals surface area (Å²) < 4.78 is 250. The molecule has 0 saturated carbocycles. The Labute approximate surface area is 253 Å². The first kappa shape index (κ1) is 37.9. The Hall–Kier alpha value is -3.54. The van der Waals surface area contributed by atoms with Crippen LogP contribution in [-0.4, -0.2) is 6.71 Å². The Kier molecular flexibility index (Phi) is 10.1. The van der Waals surface area contributed by atoms with Gasteiger partial charge in [-0.05, 0) is 36.6 Å². The van der Waals surface area contributed by atoms with Gasteiger partial charge in [-0.2, -0.15) is 79.0 Å². The summed E-state index contributed by atoms with van der Waals surface area (Å²) in [6.45, 7) is -1.50. The fourth-order valence-corrected chi connectivity index (χ4v) is 4.84. The van der Waals surface area contributed by atoms with Crippen molar-refractivity contribution in [3.8, 4) is 0 Å². The van der Waals surface area contributed by atoms with Crippen LogP contribution in [0.2, 0.25) is 0 Å². The largest absolute Gasteiger partial charge is 0.416 e. The van der Waals surface area contributed by atoms with Crippen molar-refractivity contribution >= 4 is 23.1 Å². The zero-order valence-corrected chi connectivity index (χ0v) is 23.1. The van der Waals surface area contributed by atoms with E-state index in [1.807, 2.05) is 0 Å². The van der Waals surface area contributed by atoms with Gasteiger partial charge in [0.15, 0.2) is 0 Å². The Morgan fingerprint density at radius 1 is 0.426 bits per heavy atom. The van der Waals surface area contributed by atoms with Gasteiger partial charge in [0.25, 0.3) is 0 Å². The normalized spacial score (nSPS) is 13.7. The third-order valence-electron chi connectivity index (χ3n) is 6.90. The second-order valence-electron chi connectivity index (χ2n) is 10.3. The van der Waals surface area contributed by atoms with E-state index in [1.54, 1.807) is 0 Å². The third-order valence-corrected chi connectivity index (χ3v) is 6.90. The van der Waals surface area contributed by atoms with Crippen molar-refractivity contribution < 1.29 is 79.0 Å². The number of hydrogen-bond acceptors (Lipinski definition) is 0. The fraction of sp³-hybridized carbons (Fsp3) is 0.357. The van der Waals surface area contributed by atoms with Gasteiger partial charge in [-0.1, -0.05) is 60.1 Å². The van der Waals surface area contributed by atoms with Crippen molar-refractivity contribution in [2.24, 2.45) is 0 Å². The van der Waals surface area contributed by atoms with E-state index in [9.17, 15) is 79.0 Å². The van der Waals surface area contributed by atoms with Crippen LogP contribution in [0.25, 0.3) is 0 Å². The van der Waals surface area contributed by atoms with Gasteiger partial charge in [-0.15, -0.1) is 0 Å². The van der Waals surface area contributed by atoms with Crippen LogP contribution in [0.4, 0.5) is 79.0 Å². The Balaban J connectivity index is 2.72. The highest BCUT2D eigenvalue weighted by Gasteiger charge is 2.44. The first-order valence-electron chi connectivity index (χ1n) is 12.9. The van der Waals surface area contributed by atoms with E-state index in [0.29, 0.717) is 0 Å². The molecule has 0 aliphatic heterocycles. The van der Waals surface area contributed by atoms with Crippen molar-refractivity contribution in [3.05, 3.63) is 87.5 Å². The average molecular weight is 706 g/mol. The topological polar surface area (TPSA) is 0 Å². The Morgan fingerprint density at radius 3 is 1.02 bits per heavy atom. The lowest BCUT2D eigenvalue weighted by Crippen LogP contribution is -2.55. The molecule has 0 bridgehead atoms. The van der Waals surface area contributed by atoms with Gasteiger partial charge in [-0.3, -0.25) is 0 Å². The van der Waals surface area contributed by atoms with Gasteiger partial charge in [0, 0.05) is 0 Å². The highest BCUT2D eigenvalue weighted by molar-refractivity contribution is 6.95. The summed E-state index contributed by atoms with van der Waals surface area (Å²) in [5.74, 6) is 0. The van der Waals surface area contributed by atoms with E-state index < -0.39 is 124 Å². The molecule has 0 unspecified atom stereocenters. The van der Waals surface area contributed by atoms with Crippen LogP contribution >= 0.6 is 0 Å². The lowest BCUT2D eigenvalue weighted by atomic mass is 9.35. The van der Waals surface area contributed by atoms with Crippen molar-refractivity contribution in [2.75, 3.05) is 0 Å². The number of halogens is 18. The molecule has 0 aliphatic rings. The zero-order chi connectivity index (χ0) is 36.1. The zero-order valence-electron chi connectivity index (χ0n) is 23.1. The molecule has 47 heavy (non-hydrogen) atoms. The molecule has 258 valence electrons. The molecule has 19 heteroatoms. The van der Waals surface area contributed by atoms with E-state index in [2.05, 4.69) is 0 Å². The van der Waals surface area contributed by atoms with E-state index in [-0.39, 0.29) is 43.2 Å². The highest BCUT2D eigenvalue weighted by Crippen LogP contribution is 2.40. The number of rotatable bonds is 6. The van der Waals surface area contributed by atoms with Crippen LogP contribution in [0.5, 0.6) is 0 Å². The summed E-state index contributed by atoms with van der Waals surface area (Å²) in [5.41, 5.74) is -18.6. The van der Waals surface area contributed by atoms with E-state index in [0.717, 1.165) is 0 Å². The van der Waals surface area contributed by atoms with Crippen LogP contribution in [0.1, 0.15) is 58.7 Å². The standard InChI is InChI=1S/C28H17BF18/c1-2-3-4-20-21(28(45,46)47)11-17(27(42,43)44)12-22(20)29(18-7-13(23(30,31)32)5-14(8-18)24(33,34)35)19-9-15(25(36,37)38)6-16(10-19)26(39,40)41/h5-12H,2-4H2,1H3. The lowest BCUT2D eigenvalue weighted by molar-refractivity contribution is -0.144. The van der Waals surface area contributed by atoms with Gasteiger partial charge in [0.2, 0.25) is 6.71 Å². The van der Waals surface area contributed by atoms with Crippen LogP contribution in [0, 0.1) is 0 Å². The average Bonchev–Trinajstić information content (AvgIpc) is 2.88. The van der Waals surface area contributed by atoms with E-state index in [1.165, 1.54) is 6.92 Å². The SMILES string of the molecule is CCCCc1c(B(c2cc(C(F)(F)F)cc(C(F)(F)F)c2)c2cc(C(F)(F)F)cc(C(F)(F)F)c2)cc(C(F)(F)F)cc1C(F)(F)F. The second kappa shape index (κ2) is 12.5. The molecule has 0 atom stereocenters. The van der Waals surface area contributed by atoms with Gasteiger partial charge >= 0.3 is 37.1 Å². The molecule has 0 heterocycles. The molecule has 0 radical (unpaired) electrons. The summed E-state index contributed by atoms with van der Waals surface area (Å²) in [6, 6.07) is -2.28. The number of unbranched alkanes of at least 4 members (excludes halogenated alkanes) is 1.